The van der Waals surface area contributed by atoms with E-state index in [9.17, 15) is 21.0 Å². The van der Waals surface area contributed by atoms with Crippen molar-refractivity contribution in [3.8, 4) is 52.5 Å². The highest BCUT2D eigenvalue weighted by atomic mass is 15.1. The normalized spacial score (nSPS) is 11.5. The Balaban J connectivity index is 0.910. The molecular weight excluding hydrogens is 1020 g/mol. The molecular formula is C76H42N8. The predicted octanol–water partition coefficient (Wildman–Crippen LogP) is 19.1. The third-order valence-electron chi connectivity index (χ3n) is 16.8. The van der Waals surface area contributed by atoms with E-state index >= 15 is 0 Å². The summed E-state index contributed by atoms with van der Waals surface area (Å²) in [6.45, 7) is 0. The maximum atomic E-state index is 11.2. The lowest BCUT2D eigenvalue weighted by Crippen LogP contribution is -2.09. The summed E-state index contributed by atoms with van der Waals surface area (Å²) in [7, 11) is 0. The van der Waals surface area contributed by atoms with Crippen molar-refractivity contribution in [1.29, 1.82) is 21.0 Å². The zero-order valence-corrected chi connectivity index (χ0v) is 44.8. The lowest BCUT2D eigenvalue weighted by Gasteiger charge is -2.25. The molecule has 0 bridgehead atoms. The van der Waals surface area contributed by atoms with Crippen LogP contribution in [0.1, 0.15) is 22.3 Å². The molecule has 3 aromatic heterocycles. The quantitative estimate of drug-likeness (QED) is 0.158. The number of benzene rings is 13. The van der Waals surface area contributed by atoms with Gasteiger partial charge < -0.3 is 18.6 Å². The van der Waals surface area contributed by atoms with Crippen LogP contribution >= 0.6 is 0 Å². The number of fused-ring (bicyclic) bond motifs is 13. The van der Waals surface area contributed by atoms with Crippen LogP contribution in [-0.2, 0) is 0 Å². The number of para-hydroxylation sites is 4. The standard InChI is InChI=1S/C76H42N8/c77-43-47-34-48(44-78)36-58(35-47)82-70-32-29-57(81(55-16-3-1-4-17-55)56-18-5-2-6-19-56)42-66(70)75-63-23-13-22-59(60(63)30-33-71(75)82)52-27-26-51-41-74-65(39-54(51)37-52)62-21-10-12-25-69(62)84(74)76-67(46-80)53(45-79)28-31-72(76)83-68-24-11-9-20-61(68)64-38-49-14-7-8-15-50(49)40-73(64)83/h1-42H. The molecule has 8 heteroatoms. The van der Waals surface area contributed by atoms with E-state index in [2.05, 4.69) is 249 Å². The molecule has 0 unspecified atom stereocenters. The van der Waals surface area contributed by atoms with Crippen LogP contribution in [0.5, 0.6) is 0 Å². The molecule has 13 aromatic carbocycles. The maximum Gasteiger partial charge on any atom is 0.103 e. The number of aromatic nitrogens is 3. The minimum atomic E-state index is 0.302. The first kappa shape index (κ1) is 47.8. The minimum absolute atomic E-state index is 0.302. The number of nitriles is 4. The minimum Gasteiger partial charge on any atom is -0.310 e. The largest absolute Gasteiger partial charge is 0.310 e. The Morgan fingerprint density at radius 3 is 1.57 bits per heavy atom. The highest BCUT2D eigenvalue weighted by molar-refractivity contribution is 6.24. The van der Waals surface area contributed by atoms with Gasteiger partial charge in [-0.25, -0.2) is 0 Å². The van der Waals surface area contributed by atoms with Gasteiger partial charge in [-0.2, -0.15) is 21.0 Å². The van der Waals surface area contributed by atoms with Gasteiger partial charge in [0.15, 0.2) is 0 Å². The van der Waals surface area contributed by atoms with E-state index in [1.807, 2.05) is 36.4 Å². The molecule has 0 amide bonds. The first-order chi connectivity index (χ1) is 41.5. The van der Waals surface area contributed by atoms with Crippen molar-refractivity contribution in [3.63, 3.8) is 0 Å². The van der Waals surface area contributed by atoms with E-state index in [-0.39, 0.29) is 0 Å². The van der Waals surface area contributed by atoms with E-state index in [1.165, 1.54) is 0 Å². The summed E-state index contributed by atoms with van der Waals surface area (Å²) in [5.74, 6) is 0. The Morgan fingerprint density at radius 2 is 0.893 bits per heavy atom. The highest BCUT2D eigenvalue weighted by Crippen LogP contribution is 2.46. The zero-order chi connectivity index (χ0) is 56.2. The van der Waals surface area contributed by atoms with Gasteiger partial charge >= 0.3 is 0 Å². The van der Waals surface area contributed by atoms with Crippen molar-refractivity contribution in [1.82, 2.24) is 13.7 Å². The first-order valence-corrected chi connectivity index (χ1v) is 27.7. The fourth-order valence-corrected chi connectivity index (χ4v) is 13.2. The van der Waals surface area contributed by atoms with Gasteiger partial charge in [0.1, 0.15) is 12.1 Å². The molecule has 0 atom stereocenters. The van der Waals surface area contributed by atoms with Crippen LogP contribution in [-0.4, -0.2) is 13.7 Å². The molecule has 0 aliphatic heterocycles. The third kappa shape index (κ3) is 7.16. The summed E-state index contributed by atoms with van der Waals surface area (Å²) in [5, 5.41) is 55.0. The molecule has 16 aromatic rings. The second-order valence-electron chi connectivity index (χ2n) is 21.3. The van der Waals surface area contributed by atoms with Crippen molar-refractivity contribution in [2.75, 3.05) is 4.90 Å². The van der Waals surface area contributed by atoms with E-state index in [0.29, 0.717) is 27.9 Å². The lowest BCUT2D eigenvalue weighted by molar-refractivity contribution is 1.09. The number of hydrogen-bond acceptors (Lipinski definition) is 5. The van der Waals surface area contributed by atoms with Crippen LogP contribution in [0.15, 0.2) is 255 Å². The van der Waals surface area contributed by atoms with Gasteiger partial charge in [0.2, 0.25) is 0 Å². The number of nitrogens with zero attached hydrogens (tertiary/aromatic N) is 8. The fraction of sp³-hybridized carbons (Fsp3) is 0. The molecule has 0 fully saturated rings. The van der Waals surface area contributed by atoms with Crippen LogP contribution < -0.4 is 4.90 Å². The van der Waals surface area contributed by atoms with Crippen molar-refractivity contribution in [3.05, 3.63) is 277 Å². The molecule has 0 aliphatic carbocycles. The van der Waals surface area contributed by atoms with Crippen molar-refractivity contribution >= 4 is 115 Å². The Kier molecular flexibility index (Phi) is 10.6. The van der Waals surface area contributed by atoms with E-state index in [4.69, 9.17) is 0 Å². The number of hydrogen-bond donors (Lipinski definition) is 0. The van der Waals surface area contributed by atoms with Gasteiger partial charge in [-0.15, -0.1) is 0 Å². The van der Waals surface area contributed by atoms with Gasteiger partial charge in [0, 0.05) is 55.1 Å². The molecule has 386 valence electrons. The Labute approximate surface area is 481 Å². The average Bonchev–Trinajstić information content (AvgIpc) is 1.99. The molecule has 0 spiro atoms. The second-order valence-corrected chi connectivity index (χ2v) is 21.3. The van der Waals surface area contributed by atoms with Gasteiger partial charge in [-0.1, -0.05) is 133 Å². The summed E-state index contributed by atoms with van der Waals surface area (Å²) < 4.78 is 6.64. The van der Waals surface area contributed by atoms with E-state index in [0.717, 1.165) is 137 Å². The van der Waals surface area contributed by atoms with E-state index < -0.39 is 0 Å². The Bertz CT molecular complexity index is 5610. The third-order valence-corrected chi connectivity index (χ3v) is 16.8. The van der Waals surface area contributed by atoms with Gasteiger partial charge in [0.05, 0.1) is 78.9 Å². The van der Waals surface area contributed by atoms with Gasteiger partial charge in [-0.05, 0) is 165 Å². The number of anilines is 3. The lowest BCUT2D eigenvalue weighted by atomic mass is 9.94. The SMILES string of the molecule is N#Cc1cc(C#N)cc(-n2c3ccc(N(c4ccccc4)c4ccccc4)cc3c3c4cccc(-c5ccc6cc7c(cc6c5)c5ccccc5n7-c5c(-n6c7ccccc7c7cc8ccccc8cc76)ccc(C#N)c5C#N)c4ccc32)c1. The average molecular weight is 1070 g/mol. The molecule has 16 rings (SSSR count). The van der Waals surface area contributed by atoms with E-state index in [1.54, 1.807) is 12.1 Å². The topological polar surface area (TPSA) is 113 Å². The molecule has 3 heterocycles. The monoisotopic (exact) mass is 1070 g/mol. The van der Waals surface area contributed by atoms with Gasteiger partial charge in [0.25, 0.3) is 0 Å². The Morgan fingerprint density at radius 1 is 0.310 bits per heavy atom. The van der Waals surface area contributed by atoms with Crippen molar-refractivity contribution < 1.29 is 0 Å². The summed E-state index contributed by atoms with van der Waals surface area (Å²) in [4.78, 5) is 2.27. The van der Waals surface area contributed by atoms with Gasteiger partial charge in [-0.3, -0.25) is 0 Å². The smallest absolute Gasteiger partial charge is 0.103 e. The van der Waals surface area contributed by atoms with Crippen LogP contribution in [0.3, 0.4) is 0 Å². The van der Waals surface area contributed by atoms with Crippen LogP contribution in [0.4, 0.5) is 17.1 Å². The molecule has 8 nitrogen and oxygen atoms in total. The Hall–Kier alpha value is -12.2. The number of rotatable bonds is 7. The van der Waals surface area contributed by atoms with Crippen LogP contribution in [0.25, 0.3) is 126 Å². The van der Waals surface area contributed by atoms with Crippen molar-refractivity contribution in [2.45, 2.75) is 0 Å². The zero-order valence-electron chi connectivity index (χ0n) is 44.8. The van der Waals surface area contributed by atoms with Crippen LogP contribution in [0.2, 0.25) is 0 Å². The predicted molar refractivity (Wildman–Crippen MR) is 341 cm³/mol. The molecule has 0 aliphatic rings. The molecule has 0 saturated carbocycles. The fourth-order valence-electron chi connectivity index (χ4n) is 13.2. The second kappa shape index (κ2) is 18.7. The summed E-state index contributed by atoms with van der Waals surface area (Å²) in [6, 6.07) is 97.6. The summed E-state index contributed by atoms with van der Waals surface area (Å²) >= 11 is 0. The van der Waals surface area contributed by atoms with Crippen molar-refractivity contribution in [2.24, 2.45) is 0 Å². The summed E-state index contributed by atoms with van der Waals surface area (Å²) in [6.07, 6.45) is 0. The molecule has 84 heavy (non-hydrogen) atoms. The maximum absolute atomic E-state index is 11.2. The summed E-state index contributed by atoms with van der Waals surface area (Å²) in [5.41, 5.74) is 14.5. The van der Waals surface area contributed by atoms with Crippen LogP contribution in [0, 0.1) is 45.3 Å². The molecule has 0 N–H and O–H groups in total. The highest BCUT2D eigenvalue weighted by Gasteiger charge is 2.26. The molecule has 0 saturated heterocycles. The molecule has 0 radical (unpaired) electrons. The first-order valence-electron chi connectivity index (χ1n) is 27.7.